The van der Waals surface area contributed by atoms with Crippen LogP contribution in [0.1, 0.15) is 51.8 Å². The Labute approximate surface area is 250 Å². The number of benzene rings is 4. The Bertz CT molecular complexity index is 1480. The summed E-state index contributed by atoms with van der Waals surface area (Å²) >= 11 is 0. The summed E-state index contributed by atoms with van der Waals surface area (Å²) in [7, 11) is -3.34. The van der Waals surface area contributed by atoms with Crippen LogP contribution in [0.15, 0.2) is 91.0 Å². The lowest BCUT2D eigenvalue weighted by Gasteiger charge is -2.28. The van der Waals surface area contributed by atoms with Gasteiger partial charge in [0.05, 0.1) is 37.3 Å². The maximum atomic E-state index is 13.1. The van der Waals surface area contributed by atoms with Crippen molar-refractivity contribution in [3.63, 3.8) is 0 Å². The summed E-state index contributed by atoms with van der Waals surface area (Å²) < 4.78 is 30.3. The first kappa shape index (κ1) is 32.1. The number of nitrogens with one attached hydrogen (secondary N) is 1. The zero-order valence-electron chi connectivity index (χ0n) is 25.4. The third-order valence-corrected chi connectivity index (χ3v) is 9.43. The highest BCUT2D eigenvalue weighted by Gasteiger charge is 2.27. The van der Waals surface area contributed by atoms with E-state index in [1.54, 1.807) is 26.0 Å². The molecule has 0 fully saturated rings. The largest absolute Gasteiger partial charge is 0.389 e. The summed E-state index contributed by atoms with van der Waals surface area (Å²) in [6.07, 6.45) is -0.0430. The second-order valence-corrected chi connectivity index (χ2v) is 13.2. The van der Waals surface area contributed by atoms with Gasteiger partial charge in [0.25, 0.3) is 0 Å². The van der Waals surface area contributed by atoms with Gasteiger partial charge in [-0.1, -0.05) is 78.9 Å². The number of hydrogen-bond donors (Lipinski definition) is 2. The number of fused-ring (bicyclic) bond motifs is 1. The fraction of sp³-hybridized carbons (Fsp3) is 0.371. The Kier molecular flexibility index (Phi) is 11.1. The standard InChI is InChI=1S/C35H44NO5P/c1-6-40-42(38,41-7-2)32-20-18-29(19-21-32)34-15-11-10-14-33(34)26(3)39-25-31(37)24-36-35(4,5)23-27-16-17-28-12-8-9-13-30(28)22-27/h8-22,26,31,36-37H,6-7,23-25H2,1-5H3/t26-,31-/m1/s1. The molecule has 0 radical (unpaired) electrons. The van der Waals surface area contributed by atoms with Crippen molar-refractivity contribution < 1.29 is 23.5 Å². The molecular weight excluding hydrogens is 545 g/mol. The van der Waals surface area contributed by atoms with Gasteiger partial charge in [0.15, 0.2) is 0 Å². The van der Waals surface area contributed by atoms with Gasteiger partial charge in [-0.15, -0.1) is 0 Å². The van der Waals surface area contributed by atoms with E-state index in [9.17, 15) is 9.67 Å². The third-order valence-electron chi connectivity index (χ3n) is 7.31. The molecule has 4 aromatic rings. The fourth-order valence-corrected chi connectivity index (χ4v) is 6.75. The maximum Gasteiger partial charge on any atom is 0.361 e. The lowest BCUT2D eigenvalue weighted by molar-refractivity contribution is -0.00397. The number of aliphatic hydroxyl groups is 1. The Morgan fingerprint density at radius 1 is 0.857 bits per heavy atom. The van der Waals surface area contributed by atoms with E-state index in [1.807, 2.05) is 43.3 Å². The summed E-state index contributed by atoms with van der Waals surface area (Å²) in [6, 6.07) is 30.5. The van der Waals surface area contributed by atoms with Crippen LogP contribution >= 0.6 is 7.60 Å². The zero-order chi connectivity index (χ0) is 30.2. The monoisotopic (exact) mass is 589 g/mol. The Morgan fingerprint density at radius 3 is 2.19 bits per heavy atom. The lowest BCUT2D eigenvalue weighted by Crippen LogP contribution is -2.46. The fourth-order valence-electron chi connectivity index (χ4n) is 5.18. The number of rotatable bonds is 15. The van der Waals surface area contributed by atoms with Gasteiger partial charge in [0.1, 0.15) is 0 Å². The Hall–Kier alpha value is -2.83. The molecule has 0 aromatic heterocycles. The summed E-state index contributed by atoms with van der Waals surface area (Å²) in [5, 5.41) is 17.3. The van der Waals surface area contributed by atoms with Crippen LogP contribution < -0.4 is 10.6 Å². The van der Waals surface area contributed by atoms with E-state index in [1.165, 1.54) is 16.3 Å². The summed E-state index contributed by atoms with van der Waals surface area (Å²) in [4.78, 5) is 0. The smallest absolute Gasteiger partial charge is 0.361 e. The second-order valence-electron chi connectivity index (χ2n) is 11.2. The molecule has 0 aliphatic rings. The molecule has 0 aliphatic carbocycles. The molecule has 0 saturated carbocycles. The molecule has 2 atom stereocenters. The lowest BCUT2D eigenvalue weighted by atomic mass is 9.93. The van der Waals surface area contributed by atoms with Crippen molar-refractivity contribution >= 4 is 23.7 Å². The third kappa shape index (κ3) is 8.38. The van der Waals surface area contributed by atoms with Crippen LogP contribution in [0.2, 0.25) is 0 Å². The van der Waals surface area contributed by atoms with Crippen molar-refractivity contribution in [3.05, 3.63) is 102 Å². The topological polar surface area (TPSA) is 77.0 Å². The van der Waals surface area contributed by atoms with Gasteiger partial charge in [-0.3, -0.25) is 4.57 Å². The van der Waals surface area contributed by atoms with E-state index >= 15 is 0 Å². The van der Waals surface area contributed by atoms with Crippen LogP contribution in [-0.2, 0) is 24.8 Å². The summed E-state index contributed by atoms with van der Waals surface area (Å²) in [6.45, 7) is 11.2. The van der Waals surface area contributed by atoms with Gasteiger partial charge in [-0.05, 0) is 86.2 Å². The minimum absolute atomic E-state index is 0.192. The summed E-state index contributed by atoms with van der Waals surface area (Å²) in [5.74, 6) is 0. The van der Waals surface area contributed by atoms with E-state index in [4.69, 9.17) is 13.8 Å². The van der Waals surface area contributed by atoms with Crippen molar-refractivity contribution in [1.29, 1.82) is 0 Å². The molecule has 42 heavy (non-hydrogen) atoms. The van der Waals surface area contributed by atoms with E-state index in [0.29, 0.717) is 25.1 Å². The van der Waals surface area contributed by atoms with Crippen molar-refractivity contribution in [2.45, 2.75) is 58.8 Å². The molecule has 0 heterocycles. The van der Waals surface area contributed by atoms with E-state index < -0.39 is 13.7 Å². The van der Waals surface area contributed by atoms with Gasteiger partial charge < -0.3 is 24.2 Å². The molecule has 0 spiro atoms. The molecule has 0 bridgehead atoms. The maximum absolute atomic E-state index is 13.1. The number of aliphatic hydroxyl groups excluding tert-OH is 1. The summed E-state index contributed by atoms with van der Waals surface area (Å²) in [5.41, 5.74) is 4.07. The highest BCUT2D eigenvalue weighted by atomic mass is 31.2. The van der Waals surface area contributed by atoms with Crippen molar-refractivity contribution in [3.8, 4) is 11.1 Å². The Morgan fingerprint density at radius 2 is 1.50 bits per heavy atom. The SMILES string of the molecule is CCOP(=O)(OCC)c1ccc(-c2ccccc2[C@@H](C)OC[C@H](O)CNC(C)(C)Cc2ccc3ccccc3c2)cc1. The second kappa shape index (κ2) is 14.6. The first-order chi connectivity index (χ1) is 20.1. The van der Waals surface area contributed by atoms with Crippen LogP contribution in [0.5, 0.6) is 0 Å². The number of β-amino-alcohol motifs (C(OH)–C–C–N with tert-alkyl or cyclic N) is 1. The van der Waals surface area contributed by atoms with Crippen LogP contribution in [0.25, 0.3) is 21.9 Å². The number of hydrogen-bond acceptors (Lipinski definition) is 6. The molecule has 0 saturated heterocycles. The average molecular weight is 590 g/mol. The highest BCUT2D eigenvalue weighted by Crippen LogP contribution is 2.47. The molecule has 6 nitrogen and oxygen atoms in total. The van der Waals surface area contributed by atoms with Gasteiger partial charge in [-0.2, -0.15) is 0 Å². The molecule has 7 heteroatoms. The first-order valence-electron chi connectivity index (χ1n) is 14.8. The normalized spacial score (nSPS) is 13.8. The number of ether oxygens (including phenoxy) is 1. The van der Waals surface area contributed by atoms with E-state index in [0.717, 1.165) is 23.1 Å². The zero-order valence-corrected chi connectivity index (χ0v) is 26.3. The predicted molar refractivity (Wildman–Crippen MR) is 172 cm³/mol. The van der Waals surface area contributed by atoms with Gasteiger partial charge in [-0.25, -0.2) is 0 Å². The van der Waals surface area contributed by atoms with E-state index in [-0.39, 0.29) is 18.2 Å². The van der Waals surface area contributed by atoms with Gasteiger partial charge >= 0.3 is 7.60 Å². The molecule has 4 aromatic carbocycles. The van der Waals surface area contributed by atoms with Gasteiger partial charge in [0.2, 0.25) is 0 Å². The minimum Gasteiger partial charge on any atom is -0.389 e. The molecule has 4 rings (SSSR count). The van der Waals surface area contributed by atoms with Crippen molar-refractivity contribution in [2.75, 3.05) is 26.4 Å². The van der Waals surface area contributed by atoms with Crippen molar-refractivity contribution in [2.24, 2.45) is 0 Å². The molecule has 224 valence electrons. The highest BCUT2D eigenvalue weighted by molar-refractivity contribution is 7.62. The molecule has 2 N–H and O–H groups in total. The first-order valence-corrected chi connectivity index (χ1v) is 16.3. The van der Waals surface area contributed by atoms with Crippen LogP contribution in [0.4, 0.5) is 0 Å². The molecule has 0 aliphatic heterocycles. The quantitative estimate of drug-likeness (QED) is 0.140. The van der Waals surface area contributed by atoms with Crippen LogP contribution in [0, 0.1) is 0 Å². The Balaban J connectivity index is 1.34. The van der Waals surface area contributed by atoms with Crippen LogP contribution in [0.3, 0.4) is 0 Å². The minimum atomic E-state index is -3.34. The average Bonchev–Trinajstić information content (AvgIpc) is 2.99. The van der Waals surface area contributed by atoms with Crippen molar-refractivity contribution in [1.82, 2.24) is 5.32 Å². The predicted octanol–water partition coefficient (Wildman–Crippen LogP) is 7.45. The van der Waals surface area contributed by atoms with E-state index in [2.05, 4.69) is 61.6 Å². The molecule has 0 unspecified atom stereocenters. The molecule has 0 amide bonds. The van der Waals surface area contributed by atoms with Gasteiger partial charge in [0, 0.05) is 12.1 Å². The molecular formula is C35H44NO5P. The van der Waals surface area contributed by atoms with Crippen LogP contribution in [-0.4, -0.2) is 43.1 Å².